The third-order valence-electron chi connectivity index (χ3n) is 2.94. The number of carbonyl (C=O) groups is 1. The number of hydrogen-bond acceptors (Lipinski definition) is 2. The molecule has 0 saturated heterocycles. The second kappa shape index (κ2) is 6.95. The van der Waals surface area contributed by atoms with Crippen LogP contribution in [0.25, 0.3) is 0 Å². The molecule has 2 aromatic carbocycles. The van der Waals surface area contributed by atoms with Crippen LogP contribution in [0.15, 0.2) is 42.5 Å². The van der Waals surface area contributed by atoms with Gasteiger partial charge in [0, 0.05) is 5.56 Å². The van der Waals surface area contributed by atoms with Gasteiger partial charge in [-0.05, 0) is 30.3 Å². The average Bonchev–Trinajstić information content (AvgIpc) is 2.50. The number of carbonyl (C=O) groups excluding carboxylic acids is 1. The first-order valence-corrected chi connectivity index (χ1v) is 6.39. The van der Waals surface area contributed by atoms with Gasteiger partial charge in [-0.1, -0.05) is 12.1 Å². The summed E-state index contributed by atoms with van der Waals surface area (Å²) in [5.41, 5.74) is -0.275. The standard InChI is InChI=1S/C15H13F3N2O2/c16-9-5-6-11(17)10(7-9)14(8-21)20-15(22)19-13-4-2-1-3-12(13)18/h1-7,14,21H,8H2,(H2,19,20,22). The molecule has 4 nitrogen and oxygen atoms in total. The lowest BCUT2D eigenvalue weighted by Crippen LogP contribution is -2.35. The number of urea groups is 1. The number of para-hydroxylation sites is 1. The molecule has 7 heteroatoms. The smallest absolute Gasteiger partial charge is 0.319 e. The van der Waals surface area contributed by atoms with E-state index >= 15 is 0 Å². The van der Waals surface area contributed by atoms with E-state index in [9.17, 15) is 23.1 Å². The highest BCUT2D eigenvalue weighted by Gasteiger charge is 2.18. The molecular formula is C15H13F3N2O2. The maximum absolute atomic E-state index is 13.6. The first kappa shape index (κ1) is 15.8. The van der Waals surface area contributed by atoms with E-state index in [1.54, 1.807) is 0 Å². The van der Waals surface area contributed by atoms with Crippen molar-refractivity contribution in [3.05, 3.63) is 65.5 Å². The van der Waals surface area contributed by atoms with Crippen LogP contribution in [0.3, 0.4) is 0 Å². The lowest BCUT2D eigenvalue weighted by Gasteiger charge is -2.18. The molecule has 116 valence electrons. The zero-order valence-corrected chi connectivity index (χ0v) is 11.3. The first-order chi connectivity index (χ1) is 10.5. The van der Waals surface area contributed by atoms with Crippen LogP contribution in [-0.2, 0) is 0 Å². The van der Waals surface area contributed by atoms with E-state index in [0.29, 0.717) is 0 Å². The fourth-order valence-electron chi connectivity index (χ4n) is 1.88. The lowest BCUT2D eigenvalue weighted by atomic mass is 10.1. The van der Waals surface area contributed by atoms with Crippen molar-refractivity contribution in [3.8, 4) is 0 Å². The number of anilines is 1. The summed E-state index contributed by atoms with van der Waals surface area (Å²) in [4.78, 5) is 11.8. The Morgan fingerprint density at radius 2 is 1.82 bits per heavy atom. The van der Waals surface area contributed by atoms with E-state index in [2.05, 4.69) is 10.6 Å². The molecule has 0 fully saturated rings. The maximum atomic E-state index is 13.6. The van der Waals surface area contributed by atoms with Gasteiger partial charge in [-0.25, -0.2) is 18.0 Å². The van der Waals surface area contributed by atoms with Gasteiger partial charge in [-0.2, -0.15) is 0 Å². The van der Waals surface area contributed by atoms with Crippen molar-refractivity contribution in [3.63, 3.8) is 0 Å². The highest BCUT2D eigenvalue weighted by Crippen LogP contribution is 2.19. The third-order valence-corrected chi connectivity index (χ3v) is 2.94. The van der Waals surface area contributed by atoms with Gasteiger partial charge in [-0.3, -0.25) is 0 Å². The molecule has 0 aliphatic heterocycles. The summed E-state index contributed by atoms with van der Waals surface area (Å²) in [6.45, 7) is -0.648. The number of halogens is 3. The fourth-order valence-corrected chi connectivity index (χ4v) is 1.88. The quantitative estimate of drug-likeness (QED) is 0.813. The molecule has 1 atom stereocenters. The second-order valence-electron chi connectivity index (χ2n) is 4.48. The molecule has 2 amide bonds. The second-order valence-corrected chi connectivity index (χ2v) is 4.48. The predicted octanol–water partition coefficient (Wildman–Crippen LogP) is 2.96. The predicted molar refractivity (Wildman–Crippen MR) is 74.7 cm³/mol. The lowest BCUT2D eigenvalue weighted by molar-refractivity contribution is 0.223. The topological polar surface area (TPSA) is 61.4 Å². The largest absolute Gasteiger partial charge is 0.394 e. The number of hydrogen-bond donors (Lipinski definition) is 3. The summed E-state index contributed by atoms with van der Waals surface area (Å²) in [5, 5.41) is 13.7. The maximum Gasteiger partial charge on any atom is 0.319 e. The highest BCUT2D eigenvalue weighted by molar-refractivity contribution is 5.89. The Labute approximate surface area is 124 Å². The van der Waals surface area contributed by atoms with E-state index in [1.807, 2.05) is 0 Å². The van der Waals surface area contributed by atoms with Gasteiger partial charge in [0.1, 0.15) is 17.5 Å². The Morgan fingerprint density at radius 1 is 1.09 bits per heavy atom. The minimum Gasteiger partial charge on any atom is -0.394 e. The molecule has 0 spiro atoms. The molecule has 1 unspecified atom stereocenters. The van der Waals surface area contributed by atoms with Crippen molar-refractivity contribution in [2.24, 2.45) is 0 Å². The highest BCUT2D eigenvalue weighted by atomic mass is 19.1. The van der Waals surface area contributed by atoms with Gasteiger partial charge in [0.05, 0.1) is 18.3 Å². The Bertz CT molecular complexity index is 680. The van der Waals surface area contributed by atoms with E-state index in [-0.39, 0.29) is 11.3 Å². The van der Waals surface area contributed by atoms with Crippen molar-refractivity contribution in [2.75, 3.05) is 11.9 Å². The zero-order valence-electron chi connectivity index (χ0n) is 11.3. The Morgan fingerprint density at radius 3 is 2.50 bits per heavy atom. The van der Waals surface area contributed by atoms with Crippen molar-refractivity contribution >= 4 is 11.7 Å². The van der Waals surface area contributed by atoms with Crippen LogP contribution < -0.4 is 10.6 Å². The molecule has 0 aliphatic carbocycles. The van der Waals surface area contributed by atoms with Gasteiger partial charge in [0.2, 0.25) is 0 Å². The van der Waals surface area contributed by atoms with Gasteiger partial charge < -0.3 is 15.7 Å². The molecular weight excluding hydrogens is 297 g/mol. The minimum atomic E-state index is -1.16. The van der Waals surface area contributed by atoms with Crippen LogP contribution in [0.1, 0.15) is 11.6 Å². The van der Waals surface area contributed by atoms with Crippen LogP contribution in [0.5, 0.6) is 0 Å². The van der Waals surface area contributed by atoms with Crippen LogP contribution in [0.4, 0.5) is 23.7 Å². The van der Waals surface area contributed by atoms with E-state index in [0.717, 1.165) is 24.3 Å². The van der Waals surface area contributed by atoms with Crippen molar-refractivity contribution in [2.45, 2.75) is 6.04 Å². The summed E-state index contributed by atoms with van der Waals surface area (Å²) in [7, 11) is 0. The molecule has 2 rings (SSSR count). The molecule has 0 heterocycles. The van der Waals surface area contributed by atoms with Crippen LogP contribution in [-0.4, -0.2) is 17.7 Å². The molecule has 0 aromatic heterocycles. The third kappa shape index (κ3) is 3.76. The Hall–Kier alpha value is -2.54. The molecule has 0 radical (unpaired) electrons. The number of rotatable bonds is 4. The minimum absolute atomic E-state index is 0.0728. The molecule has 22 heavy (non-hydrogen) atoms. The summed E-state index contributed by atoms with van der Waals surface area (Å²) < 4.78 is 40.2. The number of nitrogens with one attached hydrogen (secondary N) is 2. The fraction of sp³-hybridized carbons (Fsp3) is 0.133. The number of amides is 2. The molecule has 0 saturated carbocycles. The van der Waals surface area contributed by atoms with Gasteiger partial charge in [0.25, 0.3) is 0 Å². The molecule has 0 bridgehead atoms. The van der Waals surface area contributed by atoms with Crippen LogP contribution >= 0.6 is 0 Å². The van der Waals surface area contributed by atoms with E-state index in [1.165, 1.54) is 18.2 Å². The number of aliphatic hydroxyl groups excluding tert-OH is 1. The monoisotopic (exact) mass is 310 g/mol. The number of aliphatic hydroxyl groups is 1. The normalized spacial score (nSPS) is 11.8. The van der Waals surface area contributed by atoms with Crippen molar-refractivity contribution in [1.29, 1.82) is 0 Å². The SMILES string of the molecule is O=C(Nc1ccccc1F)NC(CO)c1cc(F)ccc1F. The van der Waals surface area contributed by atoms with Crippen molar-refractivity contribution in [1.82, 2.24) is 5.32 Å². The van der Waals surface area contributed by atoms with Gasteiger partial charge >= 0.3 is 6.03 Å². The van der Waals surface area contributed by atoms with Gasteiger partial charge in [0.15, 0.2) is 0 Å². The molecule has 0 aliphatic rings. The Kier molecular flexibility index (Phi) is 5.00. The summed E-state index contributed by atoms with van der Waals surface area (Å²) in [6, 6.07) is 6.15. The van der Waals surface area contributed by atoms with Crippen LogP contribution in [0, 0.1) is 17.5 Å². The van der Waals surface area contributed by atoms with Crippen LogP contribution in [0.2, 0.25) is 0 Å². The van der Waals surface area contributed by atoms with Gasteiger partial charge in [-0.15, -0.1) is 0 Å². The summed E-state index contributed by atoms with van der Waals surface area (Å²) in [5.74, 6) is -2.12. The van der Waals surface area contributed by atoms with Crippen molar-refractivity contribution < 1.29 is 23.1 Å². The average molecular weight is 310 g/mol. The van der Waals surface area contributed by atoms with E-state index < -0.39 is 36.1 Å². The summed E-state index contributed by atoms with van der Waals surface area (Å²) in [6.07, 6.45) is 0. The molecule has 3 N–H and O–H groups in total. The Balaban J connectivity index is 2.11. The zero-order chi connectivity index (χ0) is 16.1. The first-order valence-electron chi connectivity index (χ1n) is 6.39. The molecule has 2 aromatic rings. The van der Waals surface area contributed by atoms with E-state index in [4.69, 9.17) is 0 Å². The number of benzene rings is 2. The summed E-state index contributed by atoms with van der Waals surface area (Å²) >= 11 is 0.